The summed E-state index contributed by atoms with van der Waals surface area (Å²) in [5.41, 5.74) is 2.56. The molecule has 5 heteroatoms. The SMILES string of the molecule is Cc1cnc(C(=O)N2CCOC(CCCc3ccccc3)C2)cn1. The van der Waals surface area contributed by atoms with Gasteiger partial charge in [0.2, 0.25) is 0 Å². The molecule has 3 rings (SSSR count). The number of rotatable bonds is 5. The molecule has 24 heavy (non-hydrogen) atoms. The maximum Gasteiger partial charge on any atom is 0.274 e. The highest BCUT2D eigenvalue weighted by atomic mass is 16.5. The summed E-state index contributed by atoms with van der Waals surface area (Å²) in [7, 11) is 0. The molecular weight excluding hydrogens is 302 g/mol. The Kier molecular flexibility index (Phi) is 5.54. The van der Waals surface area contributed by atoms with Crippen molar-refractivity contribution in [2.24, 2.45) is 0 Å². The van der Waals surface area contributed by atoms with Crippen LogP contribution in [0.15, 0.2) is 42.7 Å². The molecule has 1 unspecified atom stereocenters. The van der Waals surface area contributed by atoms with Crippen molar-refractivity contribution in [3.63, 3.8) is 0 Å². The van der Waals surface area contributed by atoms with Gasteiger partial charge in [-0.2, -0.15) is 0 Å². The molecular formula is C19H23N3O2. The molecule has 126 valence electrons. The number of amides is 1. The second kappa shape index (κ2) is 8.02. The lowest BCUT2D eigenvalue weighted by atomic mass is 10.0. The van der Waals surface area contributed by atoms with Crippen LogP contribution >= 0.6 is 0 Å². The molecule has 0 spiro atoms. The number of aryl methyl sites for hydroxylation is 2. The summed E-state index contributed by atoms with van der Waals surface area (Å²) in [5, 5.41) is 0. The van der Waals surface area contributed by atoms with Gasteiger partial charge in [-0.25, -0.2) is 4.98 Å². The zero-order valence-corrected chi connectivity index (χ0v) is 14.0. The highest BCUT2D eigenvalue weighted by Crippen LogP contribution is 2.15. The lowest BCUT2D eigenvalue weighted by Gasteiger charge is -2.32. The molecule has 1 amide bonds. The summed E-state index contributed by atoms with van der Waals surface area (Å²) < 4.78 is 5.82. The van der Waals surface area contributed by atoms with E-state index in [1.165, 1.54) is 5.56 Å². The van der Waals surface area contributed by atoms with Crippen LogP contribution in [0.4, 0.5) is 0 Å². The van der Waals surface area contributed by atoms with Crippen LogP contribution in [0.1, 0.15) is 34.6 Å². The molecule has 5 nitrogen and oxygen atoms in total. The number of nitrogens with zero attached hydrogens (tertiary/aromatic N) is 3. The maximum absolute atomic E-state index is 12.5. The van der Waals surface area contributed by atoms with Crippen LogP contribution in [0.3, 0.4) is 0 Å². The lowest BCUT2D eigenvalue weighted by Crippen LogP contribution is -2.45. The number of morpholine rings is 1. The van der Waals surface area contributed by atoms with Crippen LogP contribution in [-0.2, 0) is 11.2 Å². The Bertz CT molecular complexity index is 658. The van der Waals surface area contributed by atoms with Crippen molar-refractivity contribution in [3.05, 3.63) is 59.7 Å². The predicted molar refractivity (Wildman–Crippen MR) is 91.8 cm³/mol. The Morgan fingerprint density at radius 3 is 2.83 bits per heavy atom. The highest BCUT2D eigenvalue weighted by molar-refractivity contribution is 5.92. The van der Waals surface area contributed by atoms with Crippen LogP contribution in [-0.4, -0.2) is 46.6 Å². The Morgan fingerprint density at radius 2 is 2.08 bits per heavy atom. The number of hydrogen-bond acceptors (Lipinski definition) is 4. The fourth-order valence-electron chi connectivity index (χ4n) is 2.92. The fourth-order valence-corrected chi connectivity index (χ4v) is 2.92. The Balaban J connectivity index is 1.50. The van der Waals surface area contributed by atoms with E-state index in [4.69, 9.17) is 4.74 Å². The highest BCUT2D eigenvalue weighted by Gasteiger charge is 2.25. The van der Waals surface area contributed by atoms with Gasteiger partial charge in [-0.3, -0.25) is 9.78 Å². The third-order valence-electron chi connectivity index (χ3n) is 4.26. The third kappa shape index (κ3) is 4.38. The molecule has 2 heterocycles. The number of carbonyl (C=O) groups is 1. The van der Waals surface area contributed by atoms with Crippen molar-refractivity contribution in [1.82, 2.24) is 14.9 Å². The smallest absolute Gasteiger partial charge is 0.274 e. The Hall–Kier alpha value is -2.27. The first-order chi connectivity index (χ1) is 11.7. The fraction of sp³-hybridized carbons (Fsp3) is 0.421. The van der Waals surface area contributed by atoms with Gasteiger partial charge in [0.05, 0.1) is 24.6 Å². The standard InChI is InChI=1S/C19H23N3O2/c1-15-12-21-18(13-20-15)19(23)22-10-11-24-17(14-22)9-5-8-16-6-3-2-4-7-16/h2-4,6-7,12-13,17H,5,8-11,14H2,1H3. The molecule has 1 aliphatic rings. The number of ether oxygens (including phenoxy) is 1. The normalized spacial score (nSPS) is 17.7. The van der Waals surface area contributed by atoms with Gasteiger partial charge in [0.1, 0.15) is 5.69 Å². The number of benzene rings is 1. The van der Waals surface area contributed by atoms with E-state index in [0.29, 0.717) is 25.4 Å². The molecule has 1 aliphatic heterocycles. The van der Waals surface area contributed by atoms with E-state index in [-0.39, 0.29) is 12.0 Å². The molecule has 0 N–H and O–H groups in total. The zero-order chi connectivity index (χ0) is 16.8. The van der Waals surface area contributed by atoms with Crippen LogP contribution in [0.2, 0.25) is 0 Å². The monoisotopic (exact) mass is 325 g/mol. The van der Waals surface area contributed by atoms with Gasteiger partial charge in [-0.1, -0.05) is 30.3 Å². The first-order valence-corrected chi connectivity index (χ1v) is 8.46. The molecule has 1 atom stereocenters. The summed E-state index contributed by atoms with van der Waals surface area (Å²) in [6.45, 7) is 3.69. The average molecular weight is 325 g/mol. The number of aromatic nitrogens is 2. The van der Waals surface area contributed by atoms with Gasteiger partial charge >= 0.3 is 0 Å². The second-order valence-electron chi connectivity index (χ2n) is 6.16. The van der Waals surface area contributed by atoms with E-state index >= 15 is 0 Å². The number of hydrogen-bond donors (Lipinski definition) is 0. The zero-order valence-electron chi connectivity index (χ0n) is 14.0. The average Bonchev–Trinajstić information content (AvgIpc) is 2.63. The minimum Gasteiger partial charge on any atom is -0.375 e. The van der Waals surface area contributed by atoms with E-state index in [2.05, 4.69) is 34.2 Å². The molecule has 1 aromatic carbocycles. The molecule has 0 bridgehead atoms. The van der Waals surface area contributed by atoms with Crippen LogP contribution in [0, 0.1) is 6.92 Å². The first kappa shape index (κ1) is 16.6. The summed E-state index contributed by atoms with van der Waals surface area (Å²) in [6, 6.07) is 10.5. The molecule has 0 radical (unpaired) electrons. The van der Waals surface area contributed by atoms with Crippen molar-refractivity contribution in [2.75, 3.05) is 19.7 Å². The first-order valence-electron chi connectivity index (χ1n) is 8.46. The van der Waals surface area contributed by atoms with Crippen molar-refractivity contribution < 1.29 is 9.53 Å². The minimum absolute atomic E-state index is 0.0566. The van der Waals surface area contributed by atoms with Crippen LogP contribution in [0.5, 0.6) is 0 Å². The van der Waals surface area contributed by atoms with E-state index in [0.717, 1.165) is 25.0 Å². The Labute approximate surface area is 142 Å². The van der Waals surface area contributed by atoms with E-state index in [1.807, 2.05) is 17.9 Å². The van der Waals surface area contributed by atoms with E-state index in [9.17, 15) is 4.79 Å². The van der Waals surface area contributed by atoms with Crippen molar-refractivity contribution in [2.45, 2.75) is 32.3 Å². The summed E-state index contributed by atoms with van der Waals surface area (Å²) >= 11 is 0. The van der Waals surface area contributed by atoms with Crippen LogP contribution in [0.25, 0.3) is 0 Å². The lowest BCUT2D eigenvalue weighted by molar-refractivity contribution is -0.0257. The Morgan fingerprint density at radius 1 is 1.25 bits per heavy atom. The molecule has 0 saturated carbocycles. The molecule has 1 fully saturated rings. The van der Waals surface area contributed by atoms with Crippen molar-refractivity contribution in [3.8, 4) is 0 Å². The van der Waals surface area contributed by atoms with Gasteiger partial charge in [-0.05, 0) is 31.7 Å². The molecule has 0 aliphatic carbocycles. The third-order valence-corrected chi connectivity index (χ3v) is 4.26. The summed E-state index contributed by atoms with van der Waals surface area (Å²) in [6.07, 6.45) is 6.34. The second-order valence-corrected chi connectivity index (χ2v) is 6.16. The molecule has 1 saturated heterocycles. The topological polar surface area (TPSA) is 55.3 Å². The van der Waals surface area contributed by atoms with Gasteiger partial charge < -0.3 is 9.64 Å². The predicted octanol–water partition coefficient (Wildman–Crippen LogP) is 2.65. The minimum atomic E-state index is -0.0566. The van der Waals surface area contributed by atoms with Crippen molar-refractivity contribution >= 4 is 5.91 Å². The largest absolute Gasteiger partial charge is 0.375 e. The molecule has 2 aromatic rings. The van der Waals surface area contributed by atoms with Gasteiger partial charge in [0.25, 0.3) is 5.91 Å². The van der Waals surface area contributed by atoms with E-state index < -0.39 is 0 Å². The quantitative estimate of drug-likeness (QED) is 0.848. The van der Waals surface area contributed by atoms with Gasteiger partial charge in [0.15, 0.2) is 0 Å². The number of carbonyl (C=O) groups excluding carboxylic acids is 1. The van der Waals surface area contributed by atoms with Gasteiger partial charge in [-0.15, -0.1) is 0 Å². The maximum atomic E-state index is 12.5. The van der Waals surface area contributed by atoms with Gasteiger partial charge in [0, 0.05) is 19.3 Å². The summed E-state index contributed by atoms with van der Waals surface area (Å²) in [5.74, 6) is -0.0566. The van der Waals surface area contributed by atoms with Crippen molar-refractivity contribution in [1.29, 1.82) is 0 Å². The van der Waals surface area contributed by atoms with E-state index in [1.54, 1.807) is 12.4 Å². The summed E-state index contributed by atoms with van der Waals surface area (Å²) in [4.78, 5) is 22.7. The molecule has 1 aromatic heterocycles. The van der Waals surface area contributed by atoms with Crippen LogP contribution < -0.4 is 0 Å².